The van der Waals surface area contributed by atoms with E-state index in [9.17, 15) is 19.5 Å². The van der Waals surface area contributed by atoms with Crippen LogP contribution in [0.4, 0.5) is 5.69 Å². The van der Waals surface area contributed by atoms with Gasteiger partial charge in [-0.1, -0.05) is 67.6 Å². The van der Waals surface area contributed by atoms with E-state index in [1.807, 2.05) is 98.9 Å². The van der Waals surface area contributed by atoms with Crippen LogP contribution in [0.2, 0.25) is 18.6 Å². The number of nitrogens with zero attached hydrogens (tertiary/aromatic N) is 2. The summed E-state index contributed by atoms with van der Waals surface area (Å²) in [6, 6.07) is 25.5. The summed E-state index contributed by atoms with van der Waals surface area (Å²) in [6.45, 7) is 6.51. The van der Waals surface area contributed by atoms with Crippen molar-refractivity contribution in [3.63, 3.8) is 0 Å². The molecule has 0 radical (unpaired) electrons. The third-order valence-corrected chi connectivity index (χ3v) is 11.6. The SMILES string of the molecule is C[C@@H]1[C@@H]([Si](C)(C)O)[C@H](CC(=O)N(CCO)Cc2ccccc2)O[C@@]12C(=O)N(Cc1ccccc1)c1ccc(I)cc12. The molecule has 0 aliphatic carbocycles. The van der Waals surface area contributed by atoms with Crippen LogP contribution in [-0.2, 0) is 33.0 Å². The molecule has 0 bridgehead atoms. The highest BCUT2D eigenvalue weighted by Crippen LogP contribution is 2.60. The minimum Gasteiger partial charge on any atom is -0.432 e. The van der Waals surface area contributed by atoms with Gasteiger partial charge in [0.2, 0.25) is 5.91 Å². The molecule has 7 nitrogen and oxygen atoms in total. The maximum atomic E-state index is 14.5. The van der Waals surface area contributed by atoms with Crippen molar-refractivity contribution in [2.45, 2.75) is 56.8 Å². The number of hydrogen-bond donors (Lipinski definition) is 2. The van der Waals surface area contributed by atoms with Gasteiger partial charge in [0.1, 0.15) is 0 Å². The van der Waals surface area contributed by atoms with E-state index in [4.69, 9.17) is 4.74 Å². The van der Waals surface area contributed by atoms with Gasteiger partial charge in [0.25, 0.3) is 5.91 Å². The number of ether oxygens (including phenoxy) is 1. The van der Waals surface area contributed by atoms with E-state index in [0.717, 1.165) is 25.9 Å². The van der Waals surface area contributed by atoms with Gasteiger partial charge in [-0.25, -0.2) is 0 Å². The molecule has 41 heavy (non-hydrogen) atoms. The van der Waals surface area contributed by atoms with Gasteiger partial charge in [0.05, 0.1) is 31.4 Å². The van der Waals surface area contributed by atoms with Crippen LogP contribution in [0.25, 0.3) is 0 Å². The Hall–Kier alpha value is -2.57. The second-order valence-electron chi connectivity index (χ2n) is 11.6. The van der Waals surface area contributed by atoms with Crippen molar-refractivity contribution in [2.75, 3.05) is 18.1 Å². The Morgan fingerprint density at radius 3 is 2.29 bits per heavy atom. The van der Waals surface area contributed by atoms with E-state index < -0.39 is 20.0 Å². The summed E-state index contributed by atoms with van der Waals surface area (Å²) in [4.78, 5) is 43.2. The molecular weight excluding hydrogens is 647 g/mol. The molecule has 4 atom stereocenters. The highest BCUT2D eigenvalue weighted by atomic mass is 127. The predicted molar refractivity (Wildman–Crippen MR) is 170 cm³/mol. The van der Waals surface area contributed by atoms with Crippen LogP contribution in [0, 0.1) is 9.49 Å². The minimum absolute atomic E-state index is 0.0196. The molecule has 1 saturated heterocycles. The Balaban J connectivity index is 1.50. The molecule has 216 valence electrons. The Bertz CT molecular complexity index is 1400. The molecule has 2 amide bonds. The van der Waals surface area contributed by atoms with E-state index in [0.29, 0.717) is 13.1 Å². The van der Waals surface area contributed by atoms with Crippen molar-refractivity contribution in [1.29, 1.82) is 0 Å². The molecule has 3 aromatic rings. The maximum Gasteiger partial charge on any atom is 0.264 e. The topological polar surface area (TPSA) is 90.3 Å². The van der Waals surface area contributed by atoms with E-state index >= 15 is 0 Å². The van der Waals surface area contributed by atoms with Gasteiger partial charge in [-0.15, -0.1) is 0 Å². The summed E-state index contributed by atoms with van der Waals surface area (Å²) in [6.07, 6.45) is -0.626. The van der Waals surface area contributed by atoms with Crippen molar-refractivity contribution in [2.24, 2.45) is 5.92 Å². The standard InChI is InChI=1S/C32H37IN2O5Si/c1-22-30(41(2,3)39)28(19-29(37)34(16-17-36)20-23-10-6-4-7-11-23)40-32(22)26-18-25(33)14-15-27(26)35(31(32)38)21-24-12-8-5-9-13-24/h4-15,18,22,28,30,36,39H,16-17,19-21H2,1-3H3/t22-,28+,30-,32+/m1/s1. The smallest absolute Gasteiger partial charge is 0.264 e. The Morgan fingerprint density at radius 1 is 1.05 bits per heavy atom. The number of rotatable bonds is 9. The first kappa shape index (κ1) is 29.9. The molecule has 2 aliphatic heterocycles. The number of amides is 2. The average Bonchev–Trinajstić information content (AvgIpc) is 3.36. The van der Waals surface area contributed by atoms with Gasteiger partial charge in [0, 0.05) is 33.7 Å². The third kappa shape index (κ3) is 5.74. The van der Waals surface area contributed by atoms with E-state index in [-0.39, 0.29) is 42.8 Å². The van der Waals surface area contributed by atoms with Crippen molar-refractivity contribution in [3.8, 4) is 0 Å². The molecule has 3 aromatic carbocycles. The molecule has 0 unspecified atom stereocenters. The number of aliphatic hydroxyl groups is 1. The summed E-state index contributed by atoms with van der Waals surface area (Å²) in [7, 11) is -2.92. The van der Waals surface area contributed by atoms with Crippen molar-refractivity contribution in [3.05, 3.63) is 99.1 Å². The molecule has 1 spiro atoms. The van der Waals surface area contributed by atoms with Gasteiger partial charge >= 0.3 is 0 Å². The number of halogens is 1. The molecule has 1 fully saturated rings. The number of benzene rings is 3. The fraction of sp³-hybridized carbons (Fsp3) is 0.375. The molecule has 0 saturated carbocycles. The van der Waals surface area contributed by atoms with Gasteiger partial charge in [0.15, 0.2) is 13.9 Å². The molecule has 9 heteroatoms. The van der Waals surface area contributed by atoms with Crippen LogP contribution in [0.3, 0.4) is 0 Å². The van der Waals surface area contributed by atoms with Gasteiger partial charge in [-0.05, 0) is 65.0 Å². The zero-order chi connectivity index (χ0) is 29.4. The summed E-state index contributed by atoms with van der Waals surface area (Å²) in [5.41, 5.74) is 1.92. The van der Waals surface area contributed by atoms with E-state index in [2.05, 4.69) is 22.6 Å². The summed E-state index contributed by atoms with van der Waals surface area (Å²) in [5, 5.41) is 9.73. The lowest BCUT2D eigenvalue weighted by Crippen LogP contribution is -2.46. The van der Waals surface area contributed by atoms with Crippen LogP contribution in [0.1, 0.15) is 30.0 Å². The fourth-order valence-electron chi connectivity index (χ4n) is 6.69. The zero-order valence-corrected chi connectivity index (χ0v) is 26.8. The summed E-state index contributed by atoms with van der Waals surface area (Å²) in [5.74, 6) is -0.673. The van der Waals surface area contributed by atoms with E-state index in [1.165, 1.54) is 0 Å². The predicted octanol–water partition coefficient (Wildman–Crippen LogP) is 5.05. The second-order valence-corrected chi connectivity index (χ2v) is 16.8. The first-order valence-corrected chi connectivity index (χ1v) is 18.1. The van der Waals surface area contributed by atoms with Crippen molar-refractivity contribution in [1.82, 2.24) is 4.90 Å². The molecular formula is C32H37IN2O5Si. The fourth-order valence-corrected chi connectivity index (χ4v) is 9.74. The lowest BCUT2D eigenvalue weighted by Gasteiger charge is -2.32. The number of aliphatic hydroxyl groups excluding tert-OH is 1. The first-order valence-electron chi connectivity index (χ1n) is 14.0. The van der Waals surface area contributed by atoms with Crippen LogP contribution >= 0.6 is 22.6 Å². The lowest BCUT2D eigenvalue weighted by atomic mass is 9.82. The number of carbonyl (C=O) groups excluding carboxylic acids is 2. The minimum atomic E-state index is -2.92. The number of fused-ring (bicyclic) bond motifs is 2. The van der Waals surface area contributed by atoms with Crippen molar-refractivity contribution >= 4 is 48.4 Å². The van der Waals surface area contributed by atoms with Gasteiger partial charge < -0.3 is 24.4 Å². The third-order valence-electron chi connectivity index (χ3n) is 8.44. The zero-order valence-electron chi connectivity index (χ0n) is 23.7. The first-order chi connectivity index (χ1) is 19.6. The average molecular weight is 685 g/mol. The molecule has 0 aromatic heterocycles. The largest absolute Gasteiger partial charge is 0.432 e. The number of hydrogen-bond acceptors (Lipinski definition) is 5. The van der Waals surface area contributed by atoms with Crippen LogP contribution in [0.5, 0.6) is 0 Å². The van der Waals surface area contributed by atoms with Crippen LogP contribution < -0.4 is 4.90 Å². The highest BCUT2D eigenvalue weighted by molar-refractivity contribution is 14.1. The van der Waals surface area contributed by atoms with Crippen molar-refractivity contribution < 1.29 is 24.2 Å². The molecule has 2 N–H and O–H groups in total. The second kappa shape index (κ2) is 12.0. The number of carbonyl (C=O) groups is 2. The quantitative estimate of drug-likeness (QED) is 0.244. The highest BCUT2D eigenvalue weighted by Gasteiger charge is 2.66. The summed E-state index contributed by atoms with van der Waals surface area (Å²) >= 11 is 2.25. The van der Waals surface area contributed by atoms with Crippen LogP contribution in [0.15, 0.2) is 78.9 Å². The molecule has 2 aliphatic rings. The Morgan fingerprint density at radius 2 is 1.68 bits per heavy atom. The normalized spacial score (nSPS) is 23.7. The van der Waals surface area contributed by atoms with Crippen LogP contribution in [-0.4, -0.2) is 54.2 Å². The summed E-state index contributed by atoms with van der Waals surface area (Å²) < 4.78 is 7.83. The lowest BCUT2D eigenvalue weighted by molar-refractivity contribution is -0.150. The van der Waals surface area contributed by atoms with Gasteiger partial charge in [-0.2, -0.15) is 0 Å². The molecule has 5 rings (SSSR count). The molecule has 2 heterocycles. The Labute approximate surface area is 256 Å². The maximum absolute atomic E-state index is 14.5. The number of anilines is 1. The van der Waals surface area contributed by atoms with E-state index in [1.54, 1.807) is 9.80 Å². The Kier molecular flexibility index (Phi) is 8.73. The monoisotopic (exact) mass is 684 g/mol. The van der Waals surface area contributed by atoms with Gasteiger partial charge in [-0.3, -0.25) is 9.59 Å².